The second-order valence-corrected chi connectivity index (χ2v) is 5.49. The highest BCUT2D eigenvalue weighted by molar-refractivity contribution is 7.98. The van der Waals surface area contributed by atoms with Crippen LogP contribution in [0.25, 0.3) is 0 Å². The average molecular weight is 250 g/mol. The zero-order valence-electron chi connectivity index (χ0n) is 9.09. The molecule has 0 amide bonds. The van der Waals surface area contributed by atoms with Gasteiger partial charge in [-0.2, -0.15) is 11.3 Å². The highest BCUT2D eigenvalue weighted by atomic mass is 32.2. The highest BCUT2D eigenvalue weighted by Gasteiger charge is 2.01. The second-order valence-electron chi connectivity index (χ2n) is 3.67. The van der Waals surface area contributed by atoms with Crippen molar-refractivity contribution in [3.63, 3.8) is 0 Å². The highest BCUT2D eigenvalue weighted by Crippen LogP contribution is 2.25. The number of rotatable bonds is 4. The first-order chi connectivity index (χ1) is 7.75. The van der Waals surface area contributed by atoms with Crippen molar-refractivity contribution in [2.75, 3.05) is 0 Å². The van der Waals surface area contributed by atoms with Crippen LogP contribution in [0.1, 0.15) is 24.2 Å². The van der Waals surface area contributed by atoms with Crippen molar-refractivity contribution >= 4 is 23.1 Å². The largest absolute Gasteiger partial charge is 0.389 e. The summed E-state index contributed by atoms with van der Waals surface area (Å²) in [6, 6.07) is 10.3. The van der Waals surface area contributed by atoms with Crippen molar-refractivity contribution in [2.45, 2.75) is 23.7 Å². The molecule has 1 aromatic heterocycles. The quantitative estimate of drug-likeness (QED) is 0.825. The summed E-state index contributed by atoms with van der Waals surface area (Å²) < 4.78 is 0. The predicted octanol–water partition coefficient (Wildman–Crippen LogP) is 4.09. The molecule has 0 bridgehead atoms. The van der Waals surface area contributed by atoms with Gasteiger partial charge in [0, 0.05) is 10.6 Å². The van der Waals surface area contributed by atoms with E-state index in [4.69, 9.17) is 0 Å². The number of hydrogen-bond acceptors (Lipinski definition) is 3. The van der Waals surface area contributed by atoms with E-state index in [1.54, 1.807) is 18.3 Å². The fourth-order valence-corrected chi connectivity index (χ4v) is 3.00. The molecule has 0 radical (unpaired) electrons. The molecule has 0 aliphatic carbocycles. The van der Waals surface area contributed by atoms with Crippen LogP contribution in [0.5, 0.6) is 0 Å². The topological polar surface area (TPSA) is 20.2 Å². The molecule has 2 rings (SSSR count). The lowest BCUT2D eigenvalue weighted by atomic mass is 10.1. The standard InChI is InChI=1S/C13H14OS2/c1-10(14)12-2-4-13(5-3-12)16-9-11-6-7-15-8-11/h2-8,10,14H,9H2,1H3. The Morgan fingerprint density at radius 2 is 2.00 bits per heavy atom. The van der Waals surface area contributed by atoms with Crippen LogP contribution < -0.4 is 0 Å². The SMILES string of the molecule is CC(O)c1ccc(SCc2ccsc2)cc1. The molecule has 0 saturated carbocycles. The minimum Gasteiger partial charge on any atom is -0.389 e. The first-order valence-electron chi connectivity index (χ1n) is 5.17. The van der Waals surface area contributed by atoms with Crippen LogP contribution in [0, 0.1) is 0 Å². The Hall–Kier alpha value is -0.770. The molecular weight excluding hydrogens is 236 g/mol. The molecule has 1 atom stereocenters. The molecular formula is C13H14OS2. The normalized spacial score (nSPS) is 12.6. The van der Waals surface area contributed by atoms with Gasteiger partial charge in [-0.3, -0.25) is 0 Å². The summed E-state index contributed by atoms with van der Waals surface area (Å²) in [6.07, 6.45) is -0.379. The maximum Gasteiger partial charge on any atom is 0.0761 e. The zero-order chi connectivity index (χ0) is 11.4. The van der Waals surface area contributed by atoms with Crippen molar-refractivity contribution in [1.82, 2.24) is 0 Å². The minimum atomic E-state index is -0.379. The fraction of sp³-hybridized carbons (Fsp3) is 0.231. The van der Waals surface area contributed by atoms with E-state index >= 15 is 0 Å². The third-order valence-corrected chi connectivity index (χ3v) is 4.16. The molecule has 0 fully saturated rings. The van der Waals surface area contributed by atoms with Crippen LogP contribution in [0.2, 0.25) is 0 Å². The lowest BCUT2D eigenvalue weighted by Gasteiger charge is -2.05. The molecule has 1 heterocycles. The second kappa shape index (κ2) is 5.53. The van der Waals surface area contributed by atoms with Gasteiger partial charge < -0.3 is 5.11 Å². The number of hydrogen-bond donors (Lipinski definition) is 1. The maximum atomic E-state index is 9.39. The number of aliphatic hydroxyl groups is 1. The third-order valence-electron chi connectivity index (χ3n) is 2.35. The molecule has 1 unspecified atom stereocenters. The van der Waals surface area contributed by atoms with Crippen molar-refractivity contribution in [3.8, 4) is 0 Å². The summed E-state index contributed by atoms with van der Waals surface area (Å²) in [7, 11) is 0. The molecule has 0 aliphatic heterocycles. The summed E-state index contributed by atoms with van der Waals surface area (Å²) >= 11 is 3.56. The van der Waals surface area contributed by atoms with E-state index in [9.17, 15) is 5.11 Å². The Kier molecular flexibility index (Phi) is 4.04. The van der Waals surface area contributed by atoms with Crippen LogP contribution in [0.3, 0.4) is 0 Å². The molecule has 84 valence electrons. The van der Waals surface area contributed by atoms with E-state index in [0.717, 1.165) is 11.3 Å². The van der Waals surface area contributed by atoms with Crippen LogP contribution in [-0.2, 0) is 5.75 Å². The van der Waals surface area contributed by atoms with Gasteiger partial charge in [0.25, 0.3) is 0 Å². The summed E-state index contributed by atoms with van der Waals surface area (Å²) in [6.45, 7) is 1.79. The Morgan fingerprint density at radius 3 is 2.56 bits per heavy atom. The smallest absolute Gasteiger partial charge is 0.0761 e. The monoisotopic (exact) mass is 250 g/mol. The van der Waals surface area contributed by atoms with Crippen LogP contribution >= 0.6 is 23.1 Å². The van der Waals surface area contributed by atoms with Crippen molar-refractivity contribution < 1.29 is 5.11 Å². The van der Waals surface area contributed by atoms with Gasteiger partial charge in [-0.1, -0.05) is 12.1 Å². The lowest BCUT2D eigenvalue weighted by Crippen LogP contribution is -1.89. The maximum absolute atomic E-state index is 9.39. The Bertz CT molecular complexity index is 418. The first kappa shape index (κ1) is 11.7. The van der Waals surface area contributed by atoms with Gasteiger partial charge in [-0.15, -0.1) is 11.8 Å². The number of thiophene rings is 1. The van der Waals surface area contributed by atoms with E-state index in [2.05, 4.69) is 29.0 Å². The van der Waals surface area contributed by atoms with Gasteiger partial charge in [-0.05, 0) is 47.0 Å². The molecule has 1 nitrogen and oxygen atoms in total. The lowest BCUT2D eigenvalue weighted by molar-refractivity contribution is 0.199. The third kappa shape index (κ3) is 3.11. The predicted molar refractivity (Wildman–Crippen MR) is 71.0 cm³/mol. The molecule has 0 aliphatic rings. The Balaban J connectivity index is 1.95. The minimum absolute atomic E-state index is 0.379. The first-order valence-corrected chi connectivity index (χ1v) is 7.10. The fourth-order valence-electron chi connectivity index (χ4n) is 1.38. The van der Waals surface area contributed by atoms with Crippen molar-refractivity contribution in [2.24, 2.45) is 0 Å². The summed E-state index contributed by atoms with van der Waals surface area (Å²) in [5, 5.41) is 13.7. The molecule has 1 N–H and O–H groups in total. The summed E-state index contributed by atoms with van der Waals surface area (Å²) in [5.74, 6) is 1.01. The molecule has 0 saturated heterocycles. The number of thioether (sulfide) groups is 1. The van der Waals surface area contributed by atoms with Gasteiger partial charge in [-0.25, -0.2) is 0 Å². The molecule has 0 spiro atoms. The Morgan fingerprint density at radius 1 is 1.25 bits per heavy atom. The van der Waals surface area contributed by atoms with Crippen LogP contribution in [0.15, 0.2) is 46.0 Å². The Labute approximate surface area is 104 Å². The van der Waals surface area contributed by atoms with Gasteiger partial charge >= 0.3 is 0 Å². The molecule has 3 heteroatoms. The molecule has 16 heavy (non-hydrogen) atoms. The zero-order valence-corrected chi connectivity index (χ0v) is 10.7. The summed E-state index contributed by atoms with van der Waals surface area (Å²) in [5.41, 5.74) is 2.34. The van der Waals surface area contributed by atoms with Crippen molar-refractivity contribution in [3.05, 3.63) is 52.2 Å². The van der Waals surface area contributed by atoms with Crippen LogP contribution in [0.4, 0.5) is 0 Å². The van der Waals surface area contributed by atoms with E-state index in [-0.39, 0.29) is 6.10 Å². The van der Waals surface area contributed by atoms with Gasteiger partial charge in [0.05, 0.1) is 6.10 Å². The van der Waals surface area contributed by atoms with Gasteiger partial charge in [0.1, 0.15) is 0 Å². The molecule has 1 aromatic carbocycles. The summed E-state index contributed by atoms with van der Waals surface area (Å²) in [4.78, 5) is 1.25. The van der Waals surface area contributed by atoms with Gasteiger partial charge in [0.15, 0.2) is 0 Å². The van der Waals surface area contributed by atoms with E-state index in [1.165, 1.54) is 10.5 Å². The molecule has 2 aromatic rings. The van der Waals surface area contributed by atoms with E-state index in [1.807, 2.05) is 23.9 Å². The van der Waals surface area contributed by atoms with E-state index < -0.39 is 0 Å². The van der Waals surface area contributed by atoms with E-state index in [0.29, 0.717) is 0 Å². The van der Waals surface area contributed by atoms with Crippen LogP contribution in [-0.4, -0.2) is 5.11 Å². The number of benzene rings is 1. The van der Waals surface area contributed by atoms with Crippen molar-refractivity contribution in [1.29, 1.82) is 0 Å². The van der Waals surface area contributed by atoms with Gasteiger partial charge in [0.2, 0.25) is 0 Å². The number of aliphatic hydroxyl groups excluding tert-OH is 1. The average Bonchev–Trinajstić information content (AvgIpc) is 2.80.